The number of aryl methyl sites for hydroxylation is 2. The number of methoxy groups -OCH3 is 2. The first-order chi connectivity index (χ1) is 13.0. The first kappa shape index (κ1) is 18.7. The van der Waals surface area contributed by atoms with Gasteiger partial charge in [0.25, 0.3) is 5.91 Å². The van der Waals surface area contributed by atoms with Gasteiger partial charge in [-0.2, -0.15) is 4.99 Å². The highest BCUT2D eigenvalue weighted by Crippen LogP contribution is 2.29. The van der Waals surface area contributed by atoms with Gasteiger partial charge in [0.2, 0.25) is 0 Å². The lowest BCUT2D eigenvalue weighted by atomic mass is 10.1. The molecule has 3 aromatic rings. The molecule has 0 unspecified atom stereocenters. The normalized spacial score (nSPS) is 11.4. The number of carbonyl (C=O) groups is 1. The number of thiazole rings is 1. The van der Waals surface area contributed by atoms with Crippen molar-refractivity contribution in [3.05, 3.63) is 51.8 Å². The minimum absolute atomic E-state index is 0.292. The molecule has 6 heteroatoms. The zero-order valence-electron chi connectivity index (χ0n) is 15.7. The predicted molar refractivity (Wildman–Crippen MR) is 108 cm³/mol. The van der Waals surface area contributed by atoms with Crippen LogP contribution in [0.4, 0.5) is 0 Å². The van der Waals surface area contributed by atoms with E-state index in [-0.39, 0.29) is 0 Å². The third kappa shape index (κ3) is 3.46. The number of amides is 1. The summed E-state index contributed by atoms with van der Waals surface area (Å²) >= 11 is 1.44. The third-order valence-corrected chi connectivity index (χ3v) is 5.23. The van der Waals surface area contributed by atoms with Gasteiger partial charge in [0, 0.05) is 0 Å². The van der Waals surface area contributed by atoms with Gasteiger partial charge in [0.05, 0.1) is 31.0 Å². The molecule has 138 valence electrons. The number of fused-ring (bicyclic) bond motifs is 1. The van der Waals surface area contributed by atoms with Crippen molar-refractivity contribution < 1.29 is 14.3 Å². The second-order valence-electron chi connectivity index (χ2n) is 6.06. The summed E-state index contributed by atoms with van der Waals surface area (Å²) < 4.78 is 13.6. The van der Waals surface area contributed by atoms with Crippen LogP contribution in [0.3, 0.4) is 0 Å². The molecule has 2 aromatic carbocycles. The number of rotatable bonds is 4. The largest absolute Gasteiger partial charge is 0.496 e. The fraction of sp³-hybridized carbons (Fsp3) is 0.238. The molecule has 0 aliphatic rings. The maximum atomic E-state index is 13.0. The van der Waals surface area contributed by atoms with Gasteiger partial charge in [-0.3, -0.25) is 4.79 Å². The lowest BCUT2D eigenvalue weighted by Crippen LogP contribution is -2.17. The molecule has 1 amide bonds. The van der Waals surface area contributed by atoms with E-state index in [2.05, 4.69) is 23.0 Å². The van der Waals surface area contributed by atoms with E-state index < -0.39 is 5.91 Å². The van der Waals surface area contributed by atoms with Crippen molar-refractivity contribution in [1.29, 1.82) is 0 Å². The Bertz CT molecular complexity index is 1110. The maximum absolute atomic E-state index is 13.0. The molecule has 0 aliphatic carbocycles. The summed E-state index contributed by atoms with van der Waals surface area (Å²) in [5, 5.41) is 0. The van der Waals surface area contributed by atoms with Crippen molar-refractivity contribution in [2.75, 3.05) is 14.2 Å². The van der Waals surface area contributed by atoms with Crippen LogP contribution in [-0.2, 0) is 6.54 Å². The van der Waals surface area contributed by atoms with Crippen LogP contribution in [0.15, 0.2) is 35.3 Å². The van der Waals surface area contributed by atoms with Gasteiger partial charge < -0.3 is 14.0 Å². The molecule has 1 aromatic heterocycles. The molecule has 5 nitrogen and oxygen atoms in total. The quantitative estimate of drug-likeness (QED) is 0.649. The van der Waals surface area contributed by atoms with Crippen LogP contribution < -0.4 is 14.3 Å². The molecule has 0 aliphatic heterocycles. The van der Waals surface area contributed by atoms with Crippen LogP contribution in [-0.4, -0.2) is 24.7 Å². The van der Waals surface area contributed by atoms with Gasteiger partial charge in [-0.1, -0.05) is 29.4 Å². The van der Waals surface area contributed by atoms with Crippen LogP contribution in [0.1, 0.15) is 21.5 Å². The Morgan fingerprint density at radius 1 is 1.22 bits per heavy atom. The Morgan fingerprint density at radius 3 is 2.48 bits per heavy atom. The number of aromatic nitrogens is 1. The SMILES string of the molecule is C#CCn1c(=NC(=O)c2c(OC)cccc2OC)sc2cc(C)cc(C)c21. The molecule has 27 heavy (non-hydrogen) atoms. The third-order valence-electron chi connectivity index (χ3n) is 4.20. The summed E-state index contributed by atoms with van der Waals surface area (Å²) in [6.45, 7) is 4.41. The van der Waals surface area contributed by atoms with E-state index in [1.54, 1.807) is 18.2 Å². The van der Waals surface area contributed by atoms with Gasteiger partial charge in [0.15, 0.2) is 4.80 Å². The number of hydrogen-bond acceptors (Lipinski definition) is 4. The van der Waals surface area contributed by atoms with Crippen molar-refractivity contribution in [2.24, 2.45) is 4.99 Å². The molecule has 3 rings (SSSR count). The minimum atomic E-state index is -0.434. The molecule has 0 bridgehead atoms. The zero-order valence-corrected chi connectivity index (χ0v) is 16.5. The molecule has 0 spiro atoms. The molecule has 0 atom stereocenters. The van der Waals surface area contributed by atoms with E-state index in [0.717, 1.165) is 21.3 Å². The average Bonchev–Trinajstić information content (AvgIpc) is 2.98. The van der Waals surface area contributed by atoms with Crippen LogP contribution in [0, 0.1) is 26.2 Å². The fourth-order valence-corrected chi connectivity index (χ4v) is 4.32. The summed E-state index contributed by atoms with van der Waals surface area (Å²) in [6, 6.07) is 9.35. The lowest BCUT2D eigenvalue weighted by Gasteiger charge is -2.09. The first-order valence-corrected chi connectivity index (χ1v) is 9.16. The molecule has 0 saturated heterocycles. The minimum Gasteiger partial charge on any atom is -0.496 e. The number of terminal acetylenes is 1. The molecule has 0 N–H and O–H groups in total. The number of ether oxygens (including phenoxy) is 2. The van der Waals surface area contributed by atoms with E-state index in [1.807, 2.05) is 18.4 Å². The average molecular weight is 380 g/mol. The summed E-state index contributed by atoms with van der Waals surface area (Å²) in [5.74, 6) is 3.05. The Morgan fingerprint density at radius 2 is 1.89 bits per heavy atom. The molecule has 0 radical (unpaired) electrons. The number of nitrogens with zero attached hydrogens (tertiary/aromatic N) is 2. The second-order valence-corrected chi connectivity index (χ2v) is 7.07. The van der Waals surface area contributed by atoms with Crippen LogP contribution in [0.5, 0.6) is 11.5 Å². The Kier molecular flexibility index (Phi) is 5.33. The van der Waals surface area contributed by atoms with E-state index in [0.29, 0.717) is 28.4 Å². The summed E-state index contributed by atoms with van der Waals surface area (Å²) in [6.07, 6.45) is 5.56. The molecule has 0 saturated carbocycles. The van der Waals surface area contributed by atoms with Crippen LogP contribution in [0.2, 0.25) is 0 Å². The van der Waals surface area contributed by atoms with Crippen molar-refractivity contribution >= 4 is 27.5 Å². The number of benzene rings is 2. The van der Waals surface area contributed by atoms with Crippen molar-refractivity contribution in [3.63, 3.8) is 0 Å². The summed E-state index contributed by atoms with van der Waals surface area (Å²) in [7, 11) is 3.02. The van der Waals surface area contributed by atoms with E-state index in [9.17, 15) is 4.79 Å². The molecular weight excluding hydrogens is 360 g/mol. The first-order valence-electron chi connectivity index (χ1n) is 8.34. The highest BCUT2D eigenvalue weighted by molar-refractivity contribution is 7.16. The molecule has 1 heterocycles. The van der Waals surface area contributed by atoms with Crippen molar-refractivity contribution in [3.8, 4) is 23.8 Å². The van der Waals surface area contributed by atoms with Crippen LogP contribution >= 0.6 is 11.3 Å². The van der Waals surface area contributed by atoms with Gasteiger partial charge in [0.1, 0.15) is 17.1 Å². The van der Waals surface area contributed by atoms with Gasteiger partial charge in [-0.05, 0) is 43.2 Å². The topological polar surface area (TPSA) is 52.8 Å². The monoisotopic (exact) mass is 380 g/mol. The van der Waals surface area contributed by atoms with Gasteiger partial charge >= 0.3 is 0 Å². The summed E-state index contributed by atoms with van der Waals surface area (Å²) in [4.78, 5) is 17.9. The van der Waals surface area contributed by atoms with E-state index in [1.165, 1.54) is 25.6 Å². The Hall–Kier alpha value is -3.04. The smallest absolute Gasteiger partial charge is 0.287 e. The molecule has 0 fully saturated rings. The van der Waals surface area contributed by atoms with Crippen LogP contribution in [0.25, 0.3) is 10.2 Å². The zero-order chi connectivity index (χ0) is 19.6. The molecular formula is C21H20N2O3S. The standard InChI is InChI=1S/C21H20N2O3S/c1-6-10-23-19-14(3)11-13(2)12-17(19)27-21(23)22-20(24)18-15(25-4)8-7-9-16(18)26-5/h1,7-9,11-12H,10H2,2-5H3. The predicted octanol–water partition coefficient (Wildman–Crippen LogP) is 3.71. The highest BCUT2D eigenvalue weighted by Gasteiger charge is 2.18. The number of hydrogen-bond donors (Lipinski definition) is 0. The Balaban J connectivity index is 2.26. The van der Waals surface area contributed by atoms with Gasteiger partial charge in [-0.15, -0.1) is 6.42 Å². The Labute approximate surface area is 161 Å². The van der Waals surface area contributed by atoms with Crippen molar-refractivity contribution in [2.45, 2.75) is 20.4 Å². The number of carbonyl (C=O) groups excluding carboxylic acids is 1. The van der Waals surface area contributed by atoms with Crippen molar-refractivity contribution in [1.82, 2.24) is 4.57 Å². The van der Waals surface area contributed by atoms with Gasteiger partial charge in [-0.25, -0.2) is 0 Å². The lowest BCUT2D eigenvalue weighted by molar-refractivity contribution is 0.0992. The van der Waals surface area contributed by atoms with E-state index in [4.69, 9.17) is 15.9 Å². The fourth-order valence-electron chi connectivity index (χ4n) is 3.12. The maximum Gasteiger partial charge on any atom is 0.287 e. The summed E-state index contributed by atoms with van der Waals surface area (Å²) in [5.41, 5.74) is 3.54. The second kappa shape index (κ2) is 7.68. The highest BCUT2D eigenvalue weighted by atomic mass is 32.1. The van der Waals surface area contributed by atoms with E-state index >= 15 is 0 Å².